The molecule has 2 N–H and O–H groups in total. The molecule has 1 aromatic heterocycles. The lowest BCUT2D eigenvalue weighted by Crippen LogP contribution is -2.48. The predicted octanol–water partition coefficient (Wildman–Crippen LogP) is 1.19. The number of carbonyl (C=O) groups excluding carboxylic acids is 1. The lowest BCUT2D eigenvalue weighted by molar-refractivity contribution is -0.133. The number of aliphatic hydroxyl groups excluding tert-OH is 1. The Bertz CT molecular complexity index is 543. The Balaban J connectivity index is 1.47. The number of methoxy groups -OCH3 is 1. The molecular weight excluding hydrogens is 312 g/mol. The Labute approximate surface area is 141 Å². The van der Waals surface area contributed by atoms with Gasteiger partial charge >= 0.3 is 0 Å². The summed E-state index contributed by atoms with van der Waals surface area (Å²) >= 11 is 0. The zero-order chi connectivity index (χ0) is 16.9. The number of aliphatic hydroxyl groups is 1. The summed E-state index contributed by atoms with van der Waals surface area (Å²) < 4.78 is 16.2. The molecule has 0 bridgehead atoms. The van der Waals surface area contributed by atoms with Gasteiger partial charge in [-0.15, -0.1) is 0 Å². The van der Waals surface area contributed by atoms with Crippen molar-refractivity contribution in [3.63, 3.8) is 0 Å². The molecule has 1 aliphatic carbocycles. The molecule has 3 rings (SSSR count). The fourth-order valence-electron chi connectivity index (χ4n) is 3.19. The molecule has 2 fully saturated rings. The van der Waals surface area contributed by atoms with Crippen molar-refractivity contribution in [3.05, 3.63) is 17.5 Å². The van der Waals surface area contributed by atoms with Crippen molar-refractivity contribution >= 4 is 5.91 Å². The molecule has 24 heavy (non-hydrogen) atoms. The van der Waals surface area contributed by atoms with Crippen LogP contribution in [0.4, 0.5) is 0 Å². The van der Waals surface area contributed by atoms with E-state index < -0.39 is 6.10 Å². The lowest BCUT2D eigenvalue weighted by Gasteiger charge is -2.34. The molecule has 7 nitrogen and oxygen atoms in total. The van der Waals surface area contributed by atoms with E-state index in [0.717, 1.165) is 31.4 Å². The number of ether oxygens (including phenoxy) is 2. The Kier molecular flexibility index (Phi) is 5.86. The van der Waals surface area contributed by atoms with Crippen LogP contribution in [-0.4, -0.2) is 48.1 Å². The van der Waals surface area contributed by atoms with Gasteiger partial charge in [0.15, 0.2) is 5.76 Å². The van der Waals surface area contributed by atoms with Gasteiger partial charge in [-0.1, -0.05) is 11.6 Å². The van der Waals surface area contributed by atoms with Crippen LogP contribution in [0.3, 0.4) is 0 Å². The second-order valence-corrected chi connectivity index (χ2v) is 6.74. The van der Waals surface area contributed by atoms with Crippen LogP contribution < -0.4 is 5.32 Å². The third-order valence-electron chi connectivity index (χ3n) is 4.87. The molecule has 1 aliphatic heterocycles. The molecule has 0 spiro atoms. The van der Waals surface area contributed by atoms with E-state index in [9.17, 15) is 9.90 Å². The number of aromatic nitrogens is 1. The van der Waals surface area contributed by atoms with Gasteiger partial charge in [0, 0.05) is 32.1 Å². The van der Waals surface area contributed by atoms with E-state index in [1.54, 1.807) is 7.11 Å². The van der Waals surface area contributed by atoms with E-state index >= 15 is 0 Å². The maximum Gasteiger partial charge on any atom is 0.223 e. The number of carbonyl (C=O) groups is 1. The van der Waals surface area contributed by atoms with Crippen LogP contribution in [-0.2, 0) is 27.3 Å². The van der Waals surface area contributed by atoms with E-state index in [4.69, 9.17) is 14.0 Å². The summed E-state index contributed by atoms with van der Waals surface area (Å²) in [6.07, 6.45) is 4.20. The first-order valence-corrected chi connectivity index (χ1v) is 8.70. The average Bonchev–Trinajstić information content (AvgIpc) is 2.93. The smallest absolute Gasteiger partial charge is 0.223 e. The van der Waals surface area contributed by atoms with Gasteiger partial charge in [0.2, 0.25) is 5.91 Å². The molecule has 2 aliphatic rings. The summed E-state index contributed by atoms with van der Waals surface area (Å²) in [5, 5.41) is 17.1. The Morgan fingerprint density at radius 2 is 2.25 bits per heavy atom. The van der Waals surface area contributed by atoms with E-state index in [2.05, 4.69) is 10.5 Å². The Hall–Kier alpha value is -1.44. The fraction of sp³-hybridized carbons (Fsp3) is 0.765. The Morgan fingerprint density at radius 3 is 2.96 bits per heavy atom. The zero-order valence-corrected chi connectivity index (χ0v) is 14.1. The third-order valence-corrected chi connectivity index (χ3v) is 4.87. The largest absolute Gasteiger partial charge is 0.390 e. The minimum Gasteiger partial charge on any atom is -0.390 e. The van der Waals surface area contributed by atoms with Crippen molar-refractivity contribution < 1.29 is 23.9 Å². The average molecular weight is 338 g/mol. The SMILES string of the molecule is COCc1cc(C[C@@H]2CC[C@H](O)[C@@H](CNC(=O)C3CCC3)O2)no1. The lowest BCUT2D eigenvalue weighted by atomic mass is 9.85. The number of hydrogen-bond acceptors (Lipinski definition) is 6. The van der Waals surface area contributed by atoms with Crippen molar-refractivity contribution in [3.8, 4) is 0 Å². The molecule has 1 amide bonds. The summed E-state index contributed by atoms with van der Waals surface area (Å²) in [7, 11) is 1.61. The highest BCUT2D eigenvalue weighted by Gasteiger charge is 2.32. The zero-order valence-electron chi connectivity index (χ0n) is 14.1. The molecule has 1 aromatic rings. The van der Waals surface area contributed by atoms with Gasteiger partial charge in [-0.3, -0.25) is 4.79 Å². The quantitative estimate of drug-likeness (QED) is 0.776. The highest BCUT2D eigenvalue weighted by molar-refractivity contribution is 5.79. The molecule has 2 heterocycles. The van der Waals surface area contributed by atoms with Gasteiger partial charge in [-0.05, 0) is 25.7 Å². The van der Waals surface area contributed by atoms with Crippen LogP contribution in [0.5, 0.6) is 0 Å². The minimum atomic E-state index is -0.538. The molecule has 0 aromatic carbocycles. The van der Waals surface area contributed by atoms with Crippen LogP contribution >= 0.6 is 0 Å². The van der Waals surface area contributed by atoms with Crippen molar-refractivity contribution in [2.75, 3.05) is 13.7 Å². The highest BCUT2D eigenvalue weighted by Crippen LogP contribution is 2.27. The summed E-state index contributed by atoms with van der Waals surface area (Å²) in [6, 6.07) is 1.87. The number of amides is 1. The maximum atomic E-state index is 11.9. The second-order valence-electron chi connectivity index (χ2n) is 6.74. The van der Waals surface area contributed by atoms with Crippen molar-refractivity contribution in [1.82, 2.24) is 10.5 Å². The van der Waals surface area contributed by atoms with Crippen LogP contribution in [0.1, 0.15) is 43.6 Å². The van der Waals surface area contributed by atoms with Gasteiger partial charge in [0.05, 0.1) is 17.9 Å². The number of nitrogens with zero attached hydrogens (tertiary/aromatic N) is 1. The summed E-state index contributed by atoms with van der Waals surface area (Å²) in [6.45, 7) is 0.758. The first-order chi connectivity index (χ1) is 11.7. The molecule has 1 saturated heterocycles. The molecule has 3 atom stereocenters. The summed E-state index contributed by atoms with van der Waals surface area (Å²) in [5.41, 5.74) is 0.820. The van der Waals surface area contributed by atoms with Gasteiger partial charge in [0.1, 0.15) is 12.7 Å². The van der Waals surface area contributed by atoms with Crippen molar-refractivity contribution in [2.45, 2.75) is 63.4 Å². The van der Waals surface area contributed by atoms with Gasteiger partial charge < -0.3 is 24.4 Å². The first-order valence-electron chi connectivity index (χ1n) is 8.70. The Morgan fingerprint density at radius 1 is 1.42 bits per heavy atom. The molecule has 1 saturated carbocycles. The van der Waals surface area contributed by atoms with Crippen LogP contribution in [0, 0.1) is 5.92 Å². The van der Waals surface area contributed by atoms with Gasteiger partial charge in [0.25, 0.3) is 0 Å². The summed E-state index contributed by atoms with van der Waals surface area (Å²) in [4.78, 5) is 11.9. The number of hydrogen-bond donors (Lipinski definition) is 2. The number of nitrogens with one attached hydrogen (secondary N) is 1. The first kappa shape index (κ1) is 17.4. The monoisotopic (exact) mass is 338 g/mol. The number of rotatable bonds is 7. The molecule has 0 unspecified atom stereocenters. The fourth-order valence-corrected chi connectivity index (χ4v) is 3.19. The predicted molar refractivity (Wildman–Crippen MR) is 85.2 cm³/mol. The van der Waals surface area contributed by atoms with E-state index in [1.807, 2.05) is 6.07 Å². The van der Waals surface area contributed by atoms with E-state index in [0.29, 0.717) is 31.8 Å². The van der Waals surface area contributed by atoms with Gasteiger partial charge in [-0.25, -0.2) is 0 Å². The topological polar surface area (TPSA) is 93.8 Å². The standard InChI is InChI=1S/C17H26N2O5/c1-22-10-14-8-12(19-24-14)7-13-5-6-15(20)16(23-13)9-18-17(21)11-3-2-4-11/h8,11,13,15-16,20H,2-7,9-10H2,1H3,(H,18,21)/t13-,15-,16+/m0/s1. The molecular formula is C17H26N2O5. The molecule has 134 valence electrons. The van der Waals surface area contributed by atoms with Gasteiger partial charge in [-0.2, -0.15) is 0 Å². The molecule has 0 radical (unpaired) electrons. The van der Waals surface area contributed by atoms with Crippen LogP contribution in [0.15, 0.2) is 10.6 Å². The van der Waals surface area contributed by atoms with E-state index in [1.165, 1.54) is 0 Å². The van der Waals surface area contributed by atoms with Crippen LogP contribution in [0.2, 0.25) is 0 Å². The second kappa shape index (κ2) is 8.09. The molecule has 7 heteroatoms. The maximum absolute atomic E-state index is 11.9. The highest BCUT2D eigenvalue weighted by atomic mass is 16.5. The van der Waals surface area contributed by atoms with Crippen LogP contribution in [0.25, 0.3) is 0 Å². The summed E-state index contributed by atoms with van der Waals surface area (Å²) in [5.74, 6) is 0.920. The minimum absolute atomic E-state index is 0.0282. The van der Waals surface area contributed by atoms with Crippen molar-refractivity contribution in [1.29, 1.82) is 0 Å². The normalized spacial score (nSPS) is 27.7. The third kappa shape index (κ3) is 4.34. The van der Waals surface area contributed by atoms with Crippen molar-refractivity contribution in [2.24, 2.45) is 5.92 Å². The van der Waals surface area contributed by atoms with E-state index in [-0.39, 0.29) is 24.0 Å².